The van der Waals surface area contributed by atoms with Crippen LogP contribution in [0.3, 0.4) is 0 Å². The van der Waals surface area contributed by atoms with Gasteiger partial charge in [-0.1, -0.05) is 17.7 Å². The molecule has 0 aliphatic carbocycles. The van der Waals surface area contributed by atoms with Gasteiger partial charge in [0.05, 0.1) is 11.8 Å². The first-order chi connectivity index (χ1) is 8.73. The van der Waals surface area contributed by atoms with E-state index < -0.39 is 17.8 Å². The minimum atomic E-state index is -0.873. The maximum absolute atomic E-state index is 11.7. The number of anilines is 1. The van der Waals surface area contributed by atoms with Crippen molar-refractivity contribution in [2.75, 3.05) is 11.9 Å². The molecule has 1 aromatic carbocycles. The van der Waals surface area contributed by atoms with E-state index in [0.717, 1.165) is 0 Å². The number of hydrogen-bond acceptors (Lipinski definition) is 4. The molecule has 0 spiro atoms. The number of rotatable bonds is 3. The van der Waals surface area contributed by atoms with E-state index in [4.69, 9.17) is 22.1 Å². The summed E-state index contributed by atoms with van der Waals surface area (Å²) >= 11 is 5.88. The molecular weight excluding hydrogens is 268 g/mol. The first kappa shape index (κ1) is 15.8. The normalized spacial score (nSPS) is 12.9. The SMILES string of the molecule is CC(C)(C)OC(=O)Nc1cc(Cl)ccc1[C@@H](O)CN. The third-order valence-corrected chi connectivity index (χ3v) is 2.47. The zero-order valence-corrected chi connectivity index (χ0v) is 12.0. The second-order valence-electron chi connectivity index (χ2n) is 5.11. The molecule has 1 atom stereocenters. The Morgan fingerprint density at radius 3 is 2.68 bits per heavy atom. The van der Waals surface area contributed by atoms with Crippen molar-refractivity contribution in [3.8, 4) is 0 Å². The van der Waals surface area contributed by atoms with Crippen LogP contribution in [0.15, 0.2) is 18.2 Å². The molecule has 1 aromatic rings. The summed E-state index contributed by atoms with van der Waals surface area (Å²) < 4.78 is 5.14. The largest absolute Gasteiger partial charge is 0.444 e. The molecule has 0 aromatic heterocycles. The van der Waals surface area contributed by atoms with E-state index in [9.17, 15) is 9.90 Å². The Balaban J connectivity index is 2.93. The van der Waals surface area contributed by atoms with Crippen molar-refractivity contribution < 1.29 is 14.6 Å². The summed E-state index contributed by atoms with van der Waals surface area (Å²) in [5, 5.41) is 12.8. The summed E-state index contributed by atoms with van der Waals surface area (Å²) in [5.74, 6) is 0. The monoisotopic (exact) mass is 286 g/mol. The number of nitrogens with two attached hydrogens (primary N) is 1. The minimum absolute atomic E-state index is 0.0463. The van der Waals surface area contributed by atoms with Gasteiger partial charge >= 0.3 is 6.09 Å². The van der Waals surface area contributed by atoms with Crippen LogP contribution >= 0.6 is 11.6 Å². The lowest BCUT2D eigenvalue weighted by Gasteiger charge is -2.21. The minimum Gasteiger partial charge on any atom is -0.444 e. The highest BCUT2D eigenvalue weighted by Gasteiger charge is 2.19. The molecule has 0 fully saturated rings. The van der Waals surface area contributed by atoms with Crippen LogP contribution in [0.2, 0.25) is 5.02 Å². The van der Waals surface area contributed by atoms with E-state index in [1.54, 1.807) is 39.0 Å². The summed E-state index contributed by atoms with van der Waals surface area (Å²) in [6, 6.07) is 4.78. The zero-order chi connectivity index (χ0) is 14.6. The van der Waals surface area contributed by atoms with Crippen LogP contribution in [0.4, 0.5) is 10.5 Å². The molecule has 0 saturated heterocycles. The number of nitrogens with one attached hydrogen (secondary N) is 1. The van der Waals surface area contributed by atoms with Gasteiger partial charge in [-0.2, -0.15) is 0 Å². The average Bonchev–Trinajstić information content (AvgIpc) is 2.25. The topological polar surface area (TPSA) is 84.6 Å². The molecule has 106 valence electrons. The van der Waals surface area contributed by atoms with Crippen LogP contribution in [0.1, 0.15) is 32.4 Å². The number of halogens is 1. The maximum atomic E-state index is 11.7. The van der Waals surface area contributed by atoms with Crippen molar-refractivity contribution in [1.29, 1.82) is 0 Å². The van der Waals surface area contributed by atoms with Crippen LogP contribution in [-0.2, 0) is 4.74 Å². The second kappa shape index (κ2) is 6.23. The van der Waals surface area contributed by atoms with Crippen LogP contribution in [0.25, 0.3) is 0 Å². The predicted molar refractivity (Wildman–Crippen MR) is 75.3 cm³/mol. The number of ether oxygens (including phenoxy) is 1. The third kappa shape index (κ3) is 5.06. The molecule has 0 radical (unpaired) electrons. The Kier molecular flexibility index (Phi) is 5.17. The van der Waals surface area contributed by atoms with Crippen molar-refractivity contribution in [3.63, 3.8) is 0 Å². The number of carbonyl (C=O) groups is 1. The summed E-state index contributed by atoms with van der Waals surface area (Å²) in [6.45, 7) is 5.34. The van der Waals surface area contributed by atoms with E-state index in [2.05, 4.69) is 5.32 Å². The first-order valence-electron chi connectivity index (χ1n) is 5.90. The predicted octanol–water partition coefficient (Wildman–Crippen LogP) is 2.68. The van der Waals surface area contributed by atoms with Gasteiger partial charge in [0.1, 0.15) is 5.60 Å². The third-order valence-electron chi connectivity index (χ3n) is 2.23. The summed E-state index contributed by atoms with van der Waals surface area (Å²) in [7, 11) is 0. The van der Waals surface area contributed by atoms with Gasteiger partial charge in [0.25, 0.3) is 0 Å². The van der Waals surface area contributed by atoms with Gasteiger partial charge in [0.2, 0.25) is 0 Å². The van der Waals surface area contributed by atoms with Crippen molar-refractivity contribution in [3.05, 3.63) is 28.8 Å². The van der Waals surface area contributed by atoms with E-state index >= 15 is 0 Å². The van der Waals surface area contributed by atoms with Gasteiger partial charge in [0.15, 0.2) is 0 Å². The van der Waals surface area contributed by atoms with Gasteiger partial charge in [-0.05, 0) is 32.9 Å². The molecule has 0 aliphatic rings. The van der Waals surface area contributed by atoms with Crippen molar-refractivity contribution in [1.82, 2.24) is 0 Å². The van der Waals surface area contributed by atoms with Gasteiger partial charge < -0.3 is 15.6 Å². The van der Waals surface area contributed by atoms with Crippen LogP contribution < -0.4 is 11.1 Å². The summed E-state index contributed by atoms with van der Waals surface area (Å²) in [4.78, 5) is 11.7. The van der Waals surface area contributed by atoms with E-state index in [0.29, 0.717) is 16.3 Å². The highest BCUT2D eigenvalue weighted by atomic mass is 35.5. The van der Waals surface area contributed by atoms with Gasteiger partial charge in [0, 0.05) is 17.1 Å². The van der Waals surface area contributed by atoms with E-state index in [1.165, 1.54) is 0 Å². The number of benzene rings is 1. The number of hydrogen-bond donors (Lipinski definition) is 3. The van der Waals surface area contributed by atoms with Crippen LogP contribution in [0.5, 0.6) is 0 Å². The van der Waals surface area contributed by atoms with Gasteiger partial charge in [-0.3, -0.25) is 5.32 Å². The standard InChI is InChI=1S/C13H19ClN2O3/c1-13(2,3)19-12(18)16-10-6-8(14)4-5-9(10)11(17)7-15/h4-6,11,17H,7,15H2,1-3H3,(H,16,18)/t11-/m0/s1. The molecule has 1 rings (SSSR count). The molecule has 6 heteroatoms. The highest BCUT2D eigenvalue weighted by Crippen LogP contribution is 2.26. The second-order valence-corrected chi connectivity index (χ2v) is 5.55. The molecule has 5 nitrogen and oxygen atoms in total. The number of carbonyl (C=O) groups excluding carboxylic acids is 1. The fourth-order valence-electron chi connectivity index (χ4n) is 1.47. The highest BCUT2D eigenvalue weighted by molar-refractivity contribution is 6.31. The zero-order valence-electron chi connectivity index (χ0n) is 11.2. The number of aliphatic hydroxyl groups is 1. The Bertz CT molecular complexity index is 458. The summed E-state index contributed by atoms with van der Waals surface area (Å²) in [6.07, 6.45) is -1.48. The van der Waals surface area contributed by atoms with Gasteiger partial charge in [-0.15, -0.1) is 0 Å². The fourth-order valence-corrected chi connectivity index (χ4v) is 1.64. The lowest BCUT2D eigenvalue weighted by Crippen LogP contribution is -2.28. The lowest BCUT2D eigenvalue weighted by molar-refractivity contribution is 0.0635. The van der Waals surface area contributed by atoms with Crippen molar-refractivity contribution >= 4 is 23.4 Å². The average molecular weight is 287 g/mol. The first-order valence-corrected chi connectivity index (χ1v) is 6.28. The molecule has 19 heavy (non-hydrogen) atoms. The smallest absolute Gasteiger partial charge is 0.412 e. The molecule has 4 N–H and O–H groups in total. The van der Waals surface area contributed by atoms with E-state index in [-0.39, 0.29) is 6.54 Å². The number of amides is 1. The lowest BCUT2D eigenvalue weighted by atomic mass is 10.1. The maximum Gasteiger partial charge on any atom is 0.412 e. The van der Waals surface area contributed by atoms with Crippen LogP contribution in [0, 0.1) is 0 Å². The Hall–Kier alpha value is -1.30. The Morgan fingerprint density at radius 2 is 2.16 bits per heavy atom. The fraction of sp³-hybridized carbons (Fsp3) is 0.462. The van der Waals surface area contributed by atoms with Crippen molar-refractivity contribution in [2.24, 2.45) is 5.73 Å². The van der Waals surface area contributed by atoms with Crippen LogP contribution in [-0.4, -0.2) is 23.3 Å². The molecular formula is C13H19ClN2O3. The molecule has 0 unspecified atom stereocenters. The molecule has 0 saturated carbocycles. The quantitative estimate of drug-likeness (QED) is 0.797. The Labute approximate surface area is 117 Å². The van der Waals surface area contributed by atoms with Crippen molar-refractivity contribution in [2.45, 2.75) is 32.5 Å². The number of aliphatic hydroxyl groups excluding tert-OH is 1. The molecule has 0 aliphatic heterocycles. The molecule has 0 bridgehead atoms. The Morgan fingerprint density at radius 1 is 1.53 bits per heavy atom. The molecule has 1 amide bonds. The van der Waals surface area contributed by atoms with E-state index in [1.807, 2.05) is 0 Å². The summed E-state index contributed by atoms with van der Waals surface area (Å²) in [5.41, 5.74) is 5.70. The molecule has 0 heterocycles. The van der Waals surface area contributed by atoms with Gasteiger partial charge in [-0.25, -0.2) is 4.79 Å².